The number of ether oxygens (including phenoxy) is 1. The number of esters is 1. The first-order chi connectivity index (χ1) is 8.63. The third kappa shape index (κ3) is 2.22. The summed E-state index contributed by atoms with van der Waals surface area (Å²) in [6.07, 6.45) is 0. The number of hydrogen-bond acceptors (Lipinski definition) is 5. The number of nitrogens with zero attached hydrogens (tertiary/aromatic N) is 1. The van der Waals surface area contributed by atoms with Crippen LogP contribution in [0.1, 0.15) is 10.4 Å². The van der Waals surface area contributed by atoms with Crippen molar-refractivity contribution in [1.29, 1.82) is 0 Å². The SMILES string of the molecule is COC(=O)c1cccc(N2CCNC(=O)C2)c1N. The highest BCUT2D eigenvalue weighted by molar-refractivity contribution is 5.99. The number of benzene rings is 1. The van der Waals surface area contributed by atoms with Gasteiger partial charge in [0.25, 0.3) is 0 Å². The molecule has 0 atom stereocenters. The van der Waals surface area contributed by atoms with Crippen molar-refractivity contribution in [1.82, 2.24) is 5.32 Å². The lowest BCUT2D eigenvalue weighted by molar-refractivity contribution is -0.120. The summed E-state index contributed by atoms with van der Waals surface area (Å²) in [7, 11) is 1.31. The standard InChI is InChI=1S/C12H15N3O3/c1-18-12(17)8-3-2-4-9(11(8)13)15-6-5-14-10(16)7-15/h2-4H,5-7,13H2,1H3,(H,14,16). The van der Waals surface area contributed by atoms with Gasteiger partial charge in [-0.05, 0) is 12.1 Å². The van der Waals surface area contributed by atoms with Crippen LogP contribution in [0.15, 0.2) is 18.2 Å². The number of carbonyl (C=O) groups is 2. The van der Waals surface area contributed by atoms with E-state index in [1.807, 2.05) is 4.90 Å². The van der Waals surface area contributed by atoms with E-state index in [0.29, 0.717) is 30.0 Å². The second-order valence-electron chi connectivity index (χ2n) is 4.00. The Labute approximate surface area is 105 Å². The first-order valence-corrected chi connectivity index (χ1v) is 5.62. The average molecular weight is 249 g/mol. The number of anilines is 2. The maximum Gasteiger partial charge on any atom is 0.340 e. The van der Waals surface area contributed by atoms with Gasteiger partial charge in [-0.2, -0.15) is 0 Å². The van der Waals surface area contributed by atoms with Crippen LogP contribution in [0.25, 0.3) is 0 Å². The number of hydrogen-bond donors (Lipinski definition) is 2. The number of amides is 1. The van der Waals surface area contributed by atoms with Crippen LogP contribution in [0, 0.1) is 0 Å². The molecule has 96 valence electrons. The van der Waals surface area contributed by atoms with Crippen molar-refractivity contribution in [3.05, 3.63) is 23.8 Å². The zero-order valence-corrected chi connectivity index (χ0v) is 10.1. The number of para-hydroxylation sites is 1. The van der Waals surface area contributed by atoms with Crippen molar-refractivity contribution in [3.63, 3.8) is 0 Å². The van der Waals surface area contributed by atoms with Gasteiger partial charge in [0.2, 0.25) is 5.91 Å². The van der Waals surface area contributed by atoms with E-state index >= 15 is 0 Å². The summed E-state index contributed by atoms with van der Waals surface area (Å²) in [5.74, 6) is -0.528. The second kappa shape index (κ2) is 4.95. The minimum absolute atomic E-state index is 0.0517. The molecule has 1 fully saturated rings. The molecule has 6 heteroatoms. The predicted molar refractivity (Wildman–Crippen MR) is 67.4 cm³/mol. The smallest absolute Gasteiger partial charge is 0.340 e. The molecular weight excluding hydrogens is 234 g/mol. The lowest BCUT2D eigenvalue weighted by atomic mass is 10.1. The van der Waals surface area contributed by atoms with Gasteiger partial charge >= 0.3 is 5.97 Å². The van der Waals surface area contributed by atoms with Crippen molar-refractivity contribution >= 4 is 23.3 Å². The number of piperazine rings is 1. The Kier molecular flexibility index (Phi) is 3.36. The van der Waals surface area contributed by atoms with Gasteiger partial charge in [-0.1, -0.05) is 6.07 Å². The van der Waals surface area contributed by atoms with Gasteiger partial charge in [-0.25, -0.2) is 4.79 Å². The molecule has 1 heterocycles. The van der Waals surface area contributed by atoms with Gasteiger partial charge in [-0.15, -0.1) is 0 Å². The second-order valence-corrected chi connectivity index (χ2v) is 4.00. The summed E-state index contributed by atoms with van der Waals surface area (Å²) in [4.78, 5) is 24.7. The fourth-order valence-electron chi connectivity index (χ4n) is 1.96. The van der Waals surface area contributed by atoms with Crippen molar-refractivity contribution < 1.29 is 14.3 Å². The number of carbonyl (C=O) groups excluding carboxylic acids is 2. The summed E-state index contributed by atoms with van der Waals surface area (Å²) in [5, 5.41) is 2.74. The molecule has 3 N–H and O–H groups in total. The molecule has 0 aromatic heterocycles. The van der Waals surface area contributed by atoms with Crippen LogP contribution in [-0.4, -0.2) is 38.6 Å². The Hall–Kier alpha value is -2.24. The van der Waals surface area contributed by atoms with Crippen molar-refractivity contribution in [2.75, 3.05) is 37.4 Å². The van der Waals surface area contributed by atoms with Crippen molar-refractivity contribution in [3.8, 4) is 0 Å². The molecule has 0 aliphatic carbocycles. The molecule has 1 aliphatic rings. The van der Waals surface area contributed by atoms with Crippen molar-refractivity contribution in [2.24, 2.45) is 0 Å². The van der Waals surface area contributed by atoms with Gasteiger partial charge in [0.05, 0.1) is 30.6 Å². The maximum atomic E-state index is 11.5. The Balaban J connectivity index is 2.33. The molecular formula is C12H15N3O3. The van der Waals surface area contributed by atoms with Gasteiger partial charge < -0.3 is 20.7 Å². The minimum Gasteiger partial charge on any atom is -0.465 e. The van der Waals surface area contributed by atoms with Crippen LogP contribution in [0.3, 0.4) is 0 Å². The van der Waals surface area contributed by atoms with Gasteiger partial charge in [0, 0.05) is 13.1 Å². The minimum atomic E-state index is -0.476. The molecule has 0 spiro atoms. The highest BCUT2D eigenvalue weighted by Gasteiger charge is 2.21. The third-order valence-corrected chi connectivity index (χ3v) is 2.87. The summed E-state index contributed by atoms with van der Waals surface area (Å²) in [6, 6.07) is 5.12. The molecule has 0 bridgehead atoms. The van der Waals surface area contributed by atoms with Gasteiger partial charge in [-0.3, -0.25) is 4.79 Å². The van der Waals surface area contributed by atoms with E-state index in [1.54, 1.807) is 18.2 Å². The molecule has 6 nitrogen and oxygen atoms in total. The quantitative estimate of drug-likeness (QED) is 0.569. The number of nitrogens with two attached hydrogens (primary N) is 1. The molecule has 1 aromatic rings. The number of methoxy groups -OCH3 is 1. The van der Waals surface area contributed by atoms with E-state index in [0.717, 1.165) is 0 Å². The molecule has 2 rings (SSSR count). The predicted octanol–water partition coefficient (Wildman–Crippen LogP) is -0.00840. The summed E-state index contributed by atoms with van der Waals surface area (Å²) < 4.78 is 4.66. The first-order valence-electron chi connectivity index (χ1n) is 5.62. The zero-order valence-electron chi connectivity index (χ0n) is 10.1. The molecule has 0 radical (unpaired) electrons. The number of rotatable bonds is 2. The van der Waals surface area contributed by atoms with Gasteiger partial charge in [0.15, 0.2) is 0 Å². The van der Waals surface area contributed by atoms with Crippen LogP contribution in [0.2, 0.25) is 0 Å². The van der Waals surface area contributed by atoms with E-state index in [2.05, 4.69) is 10.1 Å². The molecule has 0 unspecified atom stereocenters. The van der Waals surface area contributed by atoms with E-state index in [9.17, 15) is 9.59 Å². The molecule has 1 saturated heterocycles. The first kappa shape index (κ1) is 12.2. The fourth-order valence-corrected chi connectivity index (χ4v) is 1.96. The summed E-state index contributed by atoms with van der Waals surface area (Å²) >= 11 is 0. The Morgan fingerprint density at radius 3 is 2.94 bits per heavy atom. The lowest BCUT2D eigenvalue weighted by Gasteiger charge is -2.29. The molecule has 1 amide bonds. The third-order valence-electron chi connectivity index (χ3n) is 2.87. The topological polar surface area (TPSA) is 84.7 Å². The van der Waals surface area contributed by atoms with Crippen LogP contribution in [0.5, 0.6) is 0 Å². The van der Waals surface area contributed by atoms with Crippen LogP contribution < -0.4 is 16.0 Å². The van der Waals surface area contributed by atoms with Crippen molar-refractivity contribution in [2.45, 2.75) is 0 Å². The van der Waals surface area contributed by atoms with E-state index < -0.39 is 5.97 Å². The lowest BCUT2D eigenvalue weighted by Crippen LogP contribution is -2.48. The Morgan fingerprint density at radius 1 is 1.50 bits per heavy atom. The monoisotopic (exact) mass is 249 g/mol. The summed E-state index contributed by atoms with van der Waals surface area (Å²) in [6.45, 7) is 1.48. The fraction of sp³-hybridized carbons (Fsp3) is 0.333. The molecule has 18 heavy (non-hydrogen) atoms. The molecule has 1 aliphatic heterocycles. The maximum absolute atomic E-state index is 11.5. The van der Waals surface area contributed by atoms with E-state index in [1.165, 1.54) is 7.11 Å². The highest BCUT2D eigenvalue weighted by atomic mass is 16.5. The Morgan fingerprint density at radius 2 is 2.28 bits per heavy atom. The largest absolute Gasteiger partial charge is 0.465 e. The number of nitrogens with one attached hydrogen (secondary N) is 1. The van der Waals surface area contributed by atoms with Crippen LogP contribution >= 0.6 is 0 Å². The van der Waals surface area contributed by atoms with E-state index in [4.69, 9.17) is 5.73 Å². The van der Waals surface area contributed by atoms with Crippen LogP contribution in [0.4, 0.5) is 11.4 Å². The zero-order chi connectivity index (χ0) is 13.1. The number of nitrogen functional groups attached to an aromatic ring is 1. The molecule has 1 aromatic carbocycles. The Bertz CT molecular complexity index is 487. The van der Waals surface area contributed by atoms with Crippen LogP contribution in [-0.2, 0) is 9.53 Å². The summed E-state index contributed by atoms with van der Waals surface area (Å²) in [5.41, 5.74) is 7.32. The molecule has 0 saturated carbocycles. The average Bonchev–Trinajstić information content (AvgIpc) is 2.38. The highest BCUT2D eigenvalue weighted by Crippen LogP contribution is 2.27. The van der Waals surface area contributed by atoms with Gasteiger partial charge in [0.1, 0.15) is 0 Å². The normalized spacial score (nSPS) is 15.2. The van der Waals surface area contributed by atoms with E-state index in [-0.39, 0.29) is 12.5 Å².